The fraction of sp³-hybridized carbons (Fsp3) is 0. The minimum absolute atomic E-state index is 0.0547. The number of hydrazine groups is 1. The molecule has 17 heavy (non-hydrogen) atoms. The molecule has 0 aliphatic rings. The lowest BCUT2D eigenvalue weighted by molar-refractivity contribution is 0.103. The molecule has 0 radical (unpaired) electrons. The molecular weight excluding hydrogens is 214 g/mol. The van der Waals surface area contributed by atoms with Crippen LogP contribution < -0.4 is 17.0 Å². The zero-order valence-corrected chi connectivity index (χ0v) is 9.18. The summed E-state index contributed by atoms with van der Waals surface area (Å²) in [7, 11) is 0. The molecule has 0 aliphatic heterocycles. The Balaban J connectivity index is 2.30. The van der Waals surface area contributed by atoms with Gasteiger partial charge in [-0.1, -0.05) is 12.1 Å². The molecule has 2 aromatic carbocycles. The van der Waals surface area contributed by atoms with E-state index in [1.807, 2.05) is 0 Å². The molecule has 2 rings (SSSR count). The van der Waals surface area contributed by atoms with E-state index in [-0.39, 0.29) is 5.78 Å². The highest BCUT2D eigenvalue weighted by Crippen LogP contribution is 2.14. The van der Waals surface area contributed by atoms with Crippen molar-refractivity contribution < 1.29 is 4.79 Å². The van der Waals surface area contributed by atoms with Crippen LogP contribution in [0.1, 0.15) is 15.9 Å². The third-order valence-corrected chi connectivity index (χ3v) is 2.46. The summed E-state index contributed by atoms with van der Waals surface area (Å²) < 4.78 is 0. The molecule has 5 N–H and O–H groups in total. The summed E-state index contributed by atoms with van der Waals surface area (Å²) >= 11 is 0. The van der Waals surface area contributed by atoms with Crippen LogP contribution in [0.4, 0.5) is 11.4 Å². The highest BCUT2D eigenvalue weighted by Gasteiger charge is 2.08. The van der Waals surface area contributed by atoms with E-state index in [0.29, 0.717) is 16.8 Å². The first-order chi connectivity index (χ1) is 8.20. The van der Waals surface area contributed by atoms with Gasteiger partial charge in [0.15, 0.2) is 5.78 Å². The summed E-state index contributed by atoms with van der Waals surface area (Å²) in [5, 5.41) is 0. The van der Waals surface area contributed by atoms with E-state index in [0.717, 1.165) is 5.69 Å². The molecule has 0 amide bonds. The van der Waals surface area contributed by atoms with E-state index in [4.69, 9.17) is 11.6 Å². The Morgan fingerprint density at radius 2 is 1.71 bits per heavy atom. The quantitative estimate of drug-likeness (QED) is 0.323. The Morgan fingerprint density at radius 3 is 2.29 bits per heavy atom. The van der Waals surface area contributed by atoms with Gasteiger partial charge in [-0.3, -0.25) is 10.6 Å². The number of rotatable bonds is 3. The molecule has 0 fully saturated rings. The van der Waals surface area contributed by atoms with E-state index < -0.39 is 0 Å². The lowest BCUT2D eigenvalue weighted by Gasteiger charge is -2.04. The highest BCUT2D eigenvalue weighted by atomic mass is 16.1. The number of carbonyl (C=O) groups is 1. The van der Waals surface area contributed by atoms with Crippen LogP contribution in [0.3, 0.4) is 0 Å². The molecule has 4 heteroatoms. The van der Waals surface area contributed by atoms with Crippen LogP contribution in [0, 0.1) is 0 Å². The standard InChI is InChI=1S/C13H13N3O/c14-11-3-1-2-10(8-11)13(17)9-4-6-12(16-15)7-5-9/h1-8,16H,14-15H2. The molecule has 0 heterocycles. The van der Waals surface area contributed by atoms with Crippen molar-refractivity contribution in [1.82, 2.24) is 0 Å². The van der Waals surface area contributed by atoms with E-state index in [1.54, 1.807) is 48.5 Å². The Morgan fingerprint density at radius 1 is 1.00 bits per heavy atom. The number of hydrogen-bond acceptors (Lipinski definition) is 4. The second-order valence-electron chi connectivity index (χ2n) is 3.68. The predicted molar refractivity (Wildman–Crippen MR) is 68.5 cm³/mol. The zero-order valence-electron chi connectivity index (χ0n) is 9.18. The SMILES string of the molecule is NNc1ccc(C(=O)c2cccc(N)c2)cc1. The minimum Gasteiger partial charge on any atom is -0.399 e. The van der Waals surface area contributed by atoms with Gasteiger partial charge in [-0.05, 0) is 36.4 Å². The Labute approximate surface area is 99.2 Å². The van der Waals surface area contributed by atoms with Gasteiger partial charge in [-0.2, -0.15) is 0 Å². The zero-order chi connectivity index (χ0) is 12.3. The van der Waals surface area contributed by atoms with Gasteiger partial charge in [-0.15, -0.1) is 0 Å². The molecule has 86 valence electrons. The maximum Gasteiger partial charge on any atom is 0.193 e. The second-order valence-corrected chi connectivity index (χ2v) is 3.68. The van der Waals surface area contributed by atoms with E-state index in [9.17, 15) is 4.79 Å². The number of nitrogens with one attached hydrogen (secondary N) is 1. The molecule has 0 unspecified atom stereocenters. The fourth-order valence-electron chi connectivity index (χ4n) is 1.56. The average Bonchev–Trinajstić information content (AvgIpc) is 2.38. The first-order valence-corrected chi connectivity index (χ1v) is 5.17. The fourth-order valence-corrected chi connectivity index (χ4v) is 1.56. The maximum atomic E-state index is 12.1. The Kier molecular flexibility index (Phi) is 3.07. The minimum atomic E-state index is -0.0547. The van der Waals surface area contributed by atoms with Crippen molar-refractivity contribution >= 4 is 17.2 Å². The van der Waals surface area contributed by atoms with Crippen LogP contribution in [-0.2, 0) is 0 Å². The van der Waals surface area contributed by atoms with Crippen molar-refractivity contribution in [1.29, 1.82) is 0 Å². The number of nitrogens with two attached hydrogens (primary N) is 2. The van der Waals surface area contributed by atoms with Gasteiger partial charge in [0.1, 0.15) is 0 Å². The lowest BCUT2D eigenvalue weighted by Crippen LogP contribution is -2.07. The van der Waals surface area contributed by atoms with Crippen molar-refractivity contribution in [2.24, 2.45) is 5.84 Å². The highest BCUT2D eigenvalue weighted by molar-refractivity contribution is 6.09. The van der Waals surface area contributed by atoms with Crippen LogP contribution in [0.2, 0.25) is 0 Å². The second kappa shape index (κ2) is 4.67. The first kappa shape index (κ1) is 11.2. The molecule has 0 aliphatic carbocycles. The van der Waals surface area contributed by atoms with E-state index in [1.165, 1.54) is 0 Å². The topological polar surface area (TPSA) is 81.1 Å². The molecule has 0 saturated carbocycles. The molecule has 0 atom stereocenters. The summed E-state index contributed by atoms with van der Waals surface area (Å²) in [5.41, 5.74) is 10.7. The molecular formula is C13H13N3O. The Bertz CT molecular complexity index is 535. The third-order valence-electron chi connectivity index (χ3n) is 2.46. The molecule has 0 spiro atoms. The molecule has 4 nitrogen and oxygen atoms in total. The maximum absolute atomic E-state index is 12.1. The summed E-state index contributed by atoms with van der Waals surface area (Å²) in [6.45, 7) is 0. The van der Waals surface area contributed by atoms with Crippen LogP contribution in [-0.4, -0.2) is 5.78 Å². The van der Waals surface area contributed by atoms with Gasteiger partial charge in [0, 0.05) is 22.5 Å². The molecule has 0 saturated heterocycles. The van der Waals surface area contributed by atoms with Gasteiger partial charge in [0.05, 0.1) is 0 Å². The van der Waals surface area contributed by atoms with Crippen molar-refractivity contribution in [3.63, 3.8) is 0 Å². The van der Waals surface area contributed by atoms with Gasteiger partial charge < -0.3 is 11.2 Å². The largest absolute Gasteiger partial charge is 0.399 e. The van der Waals surface area contributed by atoms with Crippen LogP contribution in [0.25, 0.3) is 0 Å². The number of nitrogen functional groups attached to an aromatic ring is 2. The average molecular weight is 227 g/mol. The summed E-state index contributed by atoms with van der Waals surface area (Å²) in [5.74, 6) is 5.20. The van der Waals surface area contributed by atoms with E-state index in [2.05, 4.69) is 5.43 Å². The number of benzene rings is 2. The number of anilines is 2. The van der Waals surface area contributed by atoms with Crippen LogP contribution >= 0.6 is 0 Å². The van der Waals surface area contributed by atoms with Gasteiger partial charge >= 0.3 is 0 Å². The Hall–Kier alpha value is -2.33. The van der Waals surface area contributed by atoms with E-state index >= 15 is 0 Å². The smallest absolute Gasteiger partial charge is 0.193 e. The third kappa shape index (κ3) is 2.43. The number of carbonyl (C=O) groups excluding carboxylic acids is 1. The lowest BCUT2D eigenvalue weighted by atomic mass is 10.0. The molecule has 0 aromatic heterocycles. The summed E-state index contributed by atoms with van der Waals surface area (Å²) in [4.78, 5) is 12.1. The molecule has 0 bridgehead atoms. The van der Waals surface area contributed by atoms with Crippen molar-refractivity contribution in [3.05, 3.63) is 59.7 Å². The predicted octanol–water partition coefficient (Wildman–Crippen LogP) is 1.79. The first-order valence-electron chi connectivity index (χ1n) is 5.17. The van der Waals surface area contributed by atoms with Crippen molar-refractivity contribution in [3.8, 4) is 0 Å². The monoisotopic (exact) mass is 227 g/mol. The van der Waals surface area contributed by atoms with Gasteiger partial charge in [0.25, 0.3) is 0 Å². The van der Waals surface area contributed by atoms with Crippen molar-refractivity contribution in [2.75, 3.05) is 11.2 Å². The van der Waals surface area contributed by atoms with Gasteiger partial charge in [-0.25, -0.2) is 0 Å². The molecule has 2 aromatic rings. The van der Waals surface area contributed by atoms with Crippen LogP contribution in [0.15, 0.2) is 48.5 Å². The summed E-state index contributed by atoms with van der Waals surface area (Å²) in [6, 6.07) is 13.9. The summed E-state index contributed by atoms with van der Waals surface area (Å²) in [6.07, 6.45) is 0. The number of hydrogen-bond donors (Lipinski definition) is 3. The van der Waals surface area contributed by atoms with Crippen LogP contribution in [0.5, 0.6) is 0 Å². The number of ketones is 1. The normalized spacial score (nSPS) is 9.94. The van der Waals surface area contributed by atoms with Gasteiger partial charge in [0.2, 0.25) is 0 Å². The van der Waals surface area contributed by atoms with Crippen molar-refractivity contribution in [2.45, 2.75) is 0 Å².